The smallest absolute Gasteiger partial charge is 0.0343 e. The molecule has 0 aromatic heterocycles. The van der Waals surface area contributed by atoms with Gasteiger partial charge in [-0.05, 0) is 29.7 Å². The van der Waals surface area contributed by atoms with Gasteiger partial charge in [0.2, 0.25) is 0 Å². The van der Waals surface area contributed by atoms with Gasteiger partial charge in [0.1, 0.15) is 0 Å². The first-order valence-electron chi connectivity index (χ1n) is 5.83. The fourth-order valence-corrected chi connectivity index (χ4v) is 2.07. The quantitative estimate of drug-likeness (QED) is 0.790. The number of aryl methyl sites for hydroxylation is 1. The zero-order valence-electron chi connectivity index (χ0n) is 10.1. The van der Waals surface area contributed by atoms with Gasteiger partial charge in [-0.2, -0.15) is 0 Å². The highest BCUT2D eigenvalue weighted by Gasteiger charge is 2.12. The molecule has 2 heteroatoms. The molecule has 0 saturated heterocycles. The van der Waals surface area contributed by atoms with Gasteiger partial charge in [0.05, 0.1) is 0 Å². The highest BCUT2D eigenvalue weighted by molar-refractivity contribution is 5.49. The number of hydrogen-bond donors (Lipinski definition) is 2. The van der Waals surface area contributed by atoms with E-state index in [1.54, 1.807) is 0 Å². The molecule has 0 amide bonds. The third-order valence-electron chi connectivity index (χ3n) is 3.13. The minimum atomic E-state index is 0.246. The van der Waals surface area contributed by atoms with Crippen molar-refractivity contribution in [2.24, 2.45) is 5.73 Å². The molecule has 1 unspecified atom stereocenters. The third kappa shape index (κ3) is 2.48. The van der Waals surface area contributed by atoms with Crippen LogP contribution in [0.15, 0.2) is 48.5 Å². The van der Waals surface area contributed by atoms with Crippen LogP contribution in [0.3, 0.4) is 0 Å². The van der Waals surface area contributed by atoms with Crippen LogP contribution in [-0.4, -0.2) is 6.54 Å². The van der Waals surface area contributed by atoms with Crippen molar-refractivity contribution in [1.29, 1.82) is 0 Å². The lowest BCUT2D eigenvalue weighted by Crippen LogP contribution is -2.14. The molecule has 4 N–H and O–H groups in total. The van der Waals surface area contributed by atoms with E-state index in [2.05, 4.69) is 24.3 Å². The van der Waals surface area contributed by atoms with Crippen molar-refractivity contribution in [2.75, 3.05) is 12.3 Å². The molecule has 0 radical (unpaired) electrons. The van der Waals surface area contributed by atoms with Crippen molar-refractivity contribution in [2.45, 2.75) is 12.8 Å². The predicted molar refractivity (Wildman–Crippen MR) is 72.9 cm³/mol. The summed E-state index contributed by atoms with van der Waals surface area (Å²) in [6.07, 6.45) is 0. The van der Waals surface area contributed by atoms with Crippen LogP contribution in [0.25, 0.3) is 0 Å². The summed E-state index contributed by atoms with van der Waals surface area (Å²) in [6, 6.07) is 16.5. The number of nitrogen functional groups attached to an aromatic ring is 1. The molecule has 1 atom stereocenters. The van der Waals surface area contributed by atoms with Gasteiger partial charge in [-0.1, -0.05) is 42.5 Å². The fraction of sp³-hybridized carbons (Fsp3) is 0.200. The van der Waals surface area contributed by atoms with Crippen molar-refractivity contribution in [3.8, 4) is 0 Å². The summed E-state index contributed by atoms with van der Waals surface area (Å²) in [6.45, 7) is 2.63. The Kier molecular flexibility index (Phi) is 3.45. The molecule has 88 valence electrons. The van der Waals surface area contributed by atoms with E-state index in [0.29, 0.717) is 6.54 Å². The second-order valence-corrected chi connectivity index (χ2v) is 4.31. The molecule has 0 fully saturated rings. The second-order valence-electron chi connectivity index (χ2n) is 4.31. The molecule has 2 aromatic carbocycles. The molecule has 0 aliphatic rings. The molecule has 0 saturated carbocycles. The van der Waals surface area contributed by atoms with Gasteiger partial charge in [0, 0.05) is 18.2 Å². The maximum Gasteiger partial charge on any atom is 0.0343 e. The van der Waals surface area contributed by atoms with Crippen molar-refractivity contribution < 1.29 is 0 Å². The highest BCUT2D eigenvalue weighted by Crippen LogP contribution is 2.25. The average Bonchev–Trinajstić information content (AvgIpc) is 2.36. The molecular weight excluding hydrogens is 208 g/mol. The summed E-state index contributed by atoms with van der Waals surface area (Å²) in [4.78, 5) is 0. The third-order valence-corrected chi connectivity index (χ3v) is 3.13. The lowest BCUT2D eigenvalue weighted by molar-refractivity contribution is 0.818. The standard InChI is InChI=1S/C15H18N2/c1-11-9-13(7-8-15(11)17)14(10-16)12-5-3-2-4-6-12/h2-9,14H,10,16-17H2,1H3. The summed E-state index contributed by atoms with van der Waals surface area (Å²) >= 11 is 0. The largest absolute Gasteiger partial charge is 0.399 e. The lowest BCUT2D eigenvalue weighted by Gasteiger charge is -2.17. The number of anilines is 1. The van der Waals surface area contributed by atoms with Crippen LogP contribution in [0.5, 0.6) is 0 Å². The van der Waals surface area contributed by atoms with Crippen molar-refractivity contribution >= 4 is 5.69 Å². The molecule has 17 heavy (non-hydrogen) atoms. The van der Waals surface area contributed by atoms with Gasteiger partial charge in [-0.3, -0.25) is 0 Å². The van der Waals surface area contributed by atoms with E-state index in [1.807, 2.05) is 31.2 Å². The van der Waals surface area contributed by atoms with E-state index in [4.69, 9.17) is 11.5 Å². The molecule has 2 nitrogen and oxygen atoms in total. The molecule has 0 aliphatic heterocycles. The van der Waals surface area contributed by atoms with Crippen LogP contribution >= 0.6 is 0 Å². The van der Waals surface area contributed by atoms with E-state index in [-0.39, 0.29) is 5.92 Å². The van der Waals surface area contributed by atoms with Crippen LogP contribution in [0.1, 0.15) is 22.6 Å². The zero-order valence-corrected chi connectivity index (χ0v) is 10.1. The first kappa shape index (κ1) is 11.7. The molecule has 0 spiro atoms. The zero-order chi connectivity index (χ0) is 12.3. The van der Waals surface area contributed by atoms with E-state index < -0.39 is 0 Å². The Morgan fingerprint density at radius 3 is 2.29 bits per heavy atom. The van der Waals surface area contributed by atoms with Crippen LogP contribution in [-0.2, 0) is 0 Å². The average molecular weight is 226 g/mol. The first-order chi connectivity index (χ1) is 8.22. The Morgan fingerprint density at radius 2 is 1.71 bits per heavy atom. The summed E-state index contributed by atoms with van der Waals surface area (Å²) in [5.41, 5.74) is 16.1. The number of benzene rings is 2. The normalized spacial score (nSPS) is 12.4. The summed E-state index contributed by atoms with van der Waals surface area (Å²) in [7, 11) is 0. The van der Waals surface area contributed by atoms with Gasteiger partial charge in [-0.25, -0.2) is 0 Å². The molecule has 0 bridgehead atoms. The van der Waals surface area contributed by atoms with Crippen LogP contribution in [0.2, 0.25) is 0 Å². The van der Waals surface area contributed by atoms with E-state index in [0.717, 1.165) is 11.3 Å². The van der Waals surface area contributed by atoms with E-state index in [1.165, 1.54) is 11.1 Å². The molecule has 2 rings (SSSR count). The van der Waals surface area contributed by atoms with E-state index in [9.17, 15) is 0 Å². The lowest BCUT2D eigenvalue weighted by atomic mass is 9.90. The van der Waals surface area contributed by atoms with Gasteiger partial charge in [0.15, 0.2) is 0 Å². The van der Waals surface area contributed by atoms with Crippen LogP contribution in [0, 0.1) is 6.92 Å². The van der Waals surface area contributed by atoms with Gasteiger partial charge in [0.25, 0.3) is 0 Å². The molecule has 2 aromatic rings. The monoisotopic (exact) mass is 226 g/mol. The Morgan fingerprint density at radius 1 is 1.00 bits per heavy atom. The molecule has 0 aliphatic carbocycles. The fourth-order valence-electron chi connectivity index (χ4n) is 2.07. The Hall–Kier alpha value is -1.80. The van der Waals surface area contributed by atoms with E-state index >= 15 is 0 Å². The number of rotatable bonds is 3. The van der Waals surface area contributed by atoms with Gasteiger partial charge >= 0.3 is 0 Å². The van der Waals surface area contributed by atoms with Crippen LogP contribution in [0.4, 0.5) is 5.69 Å². The highest BCUT2D eigenvalue weighted by atomic mass is 14.6. The maximum absolute atomic E-state index is 5.89. The minimum absolute atomic E-state index is 0.246. The molecular formula is C15H18N2. The second kappa shape index (κ2) is 5.02. The Labute approximate surface area is 102 Å². The van der Waals surface area contributed by atoms with Crippen molar-refractivity contribution in [3.05, 3.63) is 65.2 Å². The summed E-state index contributed by atoms with van der Waals surface area (Å²) < 4.78 is 0. The van der Waals surface area contributed by atoms with Crippen LogP contribution < -0.4 is 11.5 Å². The number of nitrogens with two attached hydrogens (primary N) is 2. The Bertz CT molecular complexity index is 492. The predicted octanol–water partition coefficient (Wildman–Crippen LogP) is 2.67. The summed E-state index contributed by atoms with van der Waals surface area (Å²) in [5.74, 6) is 0.246. The van der Waals surface area contributed by atoms with Crippen molar-refractivity contribution in [1.82, 2.24) is 0 Å². The maximum atomic E-state index is 5.89. The van der Waals surface area contributed by atoms with Gasteiger partial charge < -0.3 is 11.5 Å². The SMILES string of the molecule is Cc1cc(C(CN)c2ccccc2)ccc1N. The summed E-state index contributed by atoms with van der Waals surface area (Å²) in [5, 5.41) is 0. The molecule has 0 heterocycles. The van der Waals surface area contributed by atoms with Gasteiger partial charge in [-0.15, -0.1) is 0 Å². The first-order valence-corrected chi connectivity index (χ1v) is 5.83. The number of hydrogen-bond acceptors (Lipinski definition) is 2. The van der Waals surface area contributed by atoms with Crippen molar-refractivity contribution in [3.63, 3.8) is 0 Å². The minimum Gasteiger partial charge on any atom is -0.399 e. The Balaban J connectivity index is 2.39. The topological polar surface area (TPSA) is 52.0 Å².